The van der Waals surface area contributed by atoms with Crippen molar-refractivity contribution in [2.45, 2.75) is 11.0 Å². The maximum atomic E-state index is 10.8. The largest absolute Gasteiger partial charge is 0.336 e. The monoisotopic (exact) mass is 254 g/mol. The van der Waals surface area contributed by atoms with Gasteiger partial charge in [-0.25, -0.2) is 19.4 Å². The van der Waals surface area contributed by atoms with Crippen molar-refractivity contribution in [1.82, 2.24) is 9.80 Å². The summed E-state index contributed by atoms with van der Waals surface area (Å²) in [5.41, 5.74) is 0. The van der Waals surface area contributed by atoms with Crippen LogP contribution in [0.2, 0.25) is 0 Å². The quantitative estimate of drug-likeness (QED) is 0.401. The fraction of sp³-hybridized carbons (Fsp3) is 0.600. The molecule has 1 rings (SSSR count). The van der Waals surface area contributed by atoms with Crippen LogP contribution in [0.3, 0.4) is 0 Å². The van der Waals surface area contributed by atoms with Gasteiger partial charge in [0.25, 0.3) is 0 Å². The van der Waals surface area contributed by atoms with Crippen LogP contribution in [0.4, 0.5) is 9.59 Å². The molecule has 10 heavy (non-hydrogen) atoms. The highest BCUT2D eigenvalue weighted by Crippen LogP contribution is 2.20. The van der Waals surface area contributed by atoms with E-state index in [1.807, 2.05) is 22.6 Å². The van der Waals surface area contributed by atoms with Crippen LogP contribution < -0.4 is 0 Å². The van der Waals surface area contributed by atoms with Crippen molar-refractivity contribution in [2.24, 2.45) is 0 Å². The Bertz CT molecular complexity index is 176. The Morgan fingerprint density at radius 1 is 1.40 bits per heavy atom. The SMILES string of the molecule is C[C@@H](I)N1C(=O)N(C)C1=O. The molecule has 4 amide bonds. The van der Waals surface area contributed by atoms with Gasteiger partial charge in [0.15, 0.2) is 0 Å². The molecule has 56 valence electrons. The molecule has 4 nitrogen and oxygen atoms in total. The standard InChI is InChI=1S/C5H7IN2O2/c1-3(6)8-4(9)7(2)5(8)10/h3H,1-2H3/t3-/m0/s1. The molecule has 0 spiro atoms. The van der Waals surface area contributed by atoms with Crippen molar-refractivity contribution in [3.8, 4) is 0 Å². The fourth-order valence-electron chi connectivity index (χ4n) is 0.746. The van der Waals surface area contributed by atoms with Gasteiger partial charge >= 0.3 is 12.1 Å². The Morgan fingerprint density at radius 2 is 1.80 bits per heavy atom. The van der Waals surface area contributed by atoms with Gasteiger partial charge in [0, 0.05) is 7.05 Å². The van der Waals surface area contributed by atoms with Gasteiger partial charge in [0.1, 0.15) is 0 Å². The minimum atomic E-state index is -0.216. The van der Waals surface area contributed by atoms with Crippen LogP contribution in [0, 0.1) is 0 Å². The van der Waals surface area contributed by atoms with Crippen LogP contribution in [0.25, 0.3) is 0 Å². The summed E-state index contributed by atoms with van der Waals surface area (Å²) in [7, 11) is 1.47. The lowest BCUT2D eigenvalue weighted by molar-refractivity contribution is 0.115. The predicted octanol–water partition coefficient (Wildman–Crippen LogP) is 1.25. The maximum Gasteiger partial charge on any atom is 0.336 e. The van der Waals surface area contributed by atoms with Crippen molar-refractivity contribution >= 4 is 34.7 Å². The summed E-state index contributed by atoms with van der Waals surface area (Å²) in [5, 5.41) is 0. The molecule has 0 radical (unpaired) electrons. The van der Waals surface area contributed by atoms with Gasteiger partial charge in [0.2, 0.25) is 0 Å². The van der Waals surface area contributed by atoms with Crippen molar-refractivity contribution in [1.29, 1.82) is 0 Å². The second kappa shape index (κ2) is 2.37. The molecule has 1 aliphatic rings. The van der Waals surface area contributed by atoms with E-state index >= 15 is 0 Å². The Morgan fingerprint density at radius 3 is 2.00 bits per heavy atom. The number of carbonyl (C=O) groups is 2. The molecule has 0 aromatic carbocycles. The number of nitrogens with zero attached hydrogens (tertiary/aromatic N) is 2. The summed E-state index contributed by atoms with van der Waals surface area (Å²) < 4.78 is -0.0474. The molecule has 5 heteroatoms. The molecule has 0 N–H and O–H groups in total. The van der Waals surface area contributed by atoms with E-state index in [-0.39, 0.29) is 16.1 Å². The first-order valence-electron chi connectivity index (χ1n) is 2.80. The molecule has 1 heterocycles. The zero-order chi connectivity index (χ0) is 7.89. The van der Waals surface area contributed by atoms with E-state index in [1.54, 1.807) is 6.92 Å². The molecule has 0 aromatic rings. The lowest BCUT2D eigenvalue weighted by Gasteiger charge is -2.38. The second-order valence-corrected chi connectivity index (χ2v) is 3.87. The average molecular weight is 254 g/mol. The molecular weight excluding hydrogens is 247 g/mol. The summed E-state index contributed by atoms with van der Waals surface area (Å²) in [6.45, 7) is 1.80. The number of carbonyl (C=O) groups excluding carboxylic acids is 2. The molecule has 0 aliphatic carbocycles. The number of hydrogen-bond acceptors (Lipinski definition) is 2. The van der Waals surface area contributed by atoms with Gasteiger partial charge in [-0.3, -0.25) is 0 Å². The van der Waals surface area contributed by atoms with Gasteiger partial charge in [-0.1, -0.05) is 22.6 Å². The lowest BCUT2D eigenvalue weighted by atomic mass is 10.4. The third-order valence-electron chi connectivity index (χ3n) is 1.34. The van der Waals surface area contributed by atoms with Crippen LogP contribution in [-0.4, -0.2) is 33.0 Å². The molecule has 0 aromatic heterocycles. The Balaban J connectivity index is 2.67. The number of rotatable bonds is 1. The number of halogens is 1. The highest BCUT2D eigenvalue weighted by Gasteiger charge is 2.42. The summed E-state index contributed by atoms with van der Waals surface area (Å²) in [6, 6.07) is -0.432. The van der Waals surface area contributed by atoms with Crippen molar-refractivity contribution in [3.05, 3.63) is 0 Å². The van der Waals surface area contributed by atoms with Crippen molar-refractivity contribution < 1.29 is 9.59 Å². The third-order valence-corrected chi connectivity index (χ3v) is 1.90. The van der Waals surface area contributed by atoms with Crippen LogP contribution in [-0.2, 0) is 0 Å². The number of hydrogen-bond donors (Lipinski definition) is 0. The summed E-state index contributed by atoms with van der Waals surface area (Å²) in [6.07, 6.45) is 0. The van der Waals surface area contributed by atoms with Crippen molar-refractivity contribution in [2.75, 3.05) is 7.05 Å². The second-order valence-electron chi connectivity index (χ2n) is 2.07. The Labute approximate surface area is 72.3 Å². The minimum Gasteiger partial charge on any atom is -0.248 e. The normalized spacial score (nSPS) is 21.1. The lowest BCUT2D eigenvalue weighted by Crippen LogP contribution is -2.63. The molecule has 0 unspecified atom stereocenters. The summed E-state index contributed by atoms with van der Waals surface area (Å²) in [5.74, 6) is 0. The number of imide groups is 2. The van der Waals surface area contributed by atoms with Gasteiger partial charge in [0.05, 0.1) is 4.05 Å². The highest BCUT2D eigenvalue weighted by atomic mass is 127. The molecule has 1 fully saturated rings. The van der Waals surface area contributed by atoms with E-state index in [0.29, 0.717) is 0 Å². The first-order chi connectivity index (χ1) is 4.55. The number of amides is 4. The van der Waals surface area contributed by atoms with E-state index < -0.39 is 0 Å². The third kappa shape index (κ3) is 0.882. The topological polar surface area (TPSA) is 40.6 Å². The highest BCUT2D eigenvalue weighted by molar-refractivity contribution is 14.1. The summed E-state index contributed by atoms with van der Waals surface area (Å²) in [4.78, 5) is 24.0. The van der Waals surface area contributed by atoms with Gasteiger partial charge in [-0.05, 0) is 6.92 Å². The van der Waals surface area contributed by atoms with Crippen LogP contribution in [0.15, 0.2) is 0 Å². The van der Waals surface area contributed by atoms with Gasteiger partial charge in [-0.15, -0.1) is 0 Å². The minimum absolute atomic E-state index is 0.0474. The smallest absolute Gasteiger partial charge is 0.248 e. The molecule has 0 bridgehead atoms. The first kappa shape index (κ1) is 7.77. The van der Waals surface area contributed by atoms with Crippen LogP contribution in [0.5, 0.6) is 0 Å². The maximum absolute atomic E-state index is 10.8. The first-order valence-corrected chi connectivity index (χ1v) is 4.05. The van der Waals surface area contributed by atoms with Crippen LogP contribution >= 0.6 is 22.6 Å². The van der Waals surface area contributed by atoms with E-state index in [9.17, 15) is 9.59 Å². The predicted molar refractivity (Wildman–Crippen MR) is 43.9 cm³/mol. The van der Waals surface area contributed by atoms with Crippen molar-refractivity contribution in [3.63, 3.8) is 0 Å². The Hall–Kier alpha value is -0.330. The van der Waals surface area contributed by atoms with E-state index in [1.165, 1.54) is 11.9 Å². The van der Waals surface area contributed by atoms with E-state index in [0.717, 1.165) is 4.90 Å². The zero-order valence-electron chi connectivity index (χ0n) is 5.67. The number of alkyl halides is 1. The molecule has 1 saturated heterocycles. The average Bonchev–Trinajstić information content (AvgIpc) is 1.87. The Kier molecular flexibility index (Phi) is 1.84. The zero-order valence-corrected chi connectivity index (χ0v) is 7.82. The van der Waals surface area contributed by atoms with E-state index in [2.05, 4.69) is 0 Å². The molecule has 1 atom stereocenters. The number of urea groups is 2. The summed E-state index contributed by atoms with van der Waals surface area (Å²) >= 11 is 2.02. The molecular formula is C5H7IN2O2. The molecule has 0 saturated carbocycles. The van der Waals surface area contributed by atoms with Gasteiger partial charge in [-0.2, -0.15) is 0 Å². The van der Waals surface area contributed by atoms with Gasteiger partial charge < -0.3 is 0 Å². The van der Waals surface area contributed by atoms with E-state index in [4.69, 9.17) is 0 Å². The fourth-order valence-corrected chi connectivity index (χ4v) is 1.22. The molecule has 1 aliphatic heterocycles. The van der Waals surface area contributed by atoms with Crippen LogP contribution in [0.1, 0.15) is 6.92 Å².